The first kappa shape index (κ1) is 30.6. The Morgan fingerprint density at radius 3 is 2.24 bits per heavy atom. The van der Waals surface area contributed by atoms with Crippen molar-refractivity contribution in [2.75, 3.05) is 12.0 Å². The zero-order valence-corrected chi connectivity index (χ0v) is 22.3. The molecule has 4 atom stereocenters. The fourth-order valence-corrected chi connectivity index (χ4v) is 4.31. The first-order valence-electron chi connectivity index (χ1n) is 12.1. The summed E-state index contributed by atoms with van der Waals surface area (Å²) in [6, 6.07) is 2.57. The largest absolute Gasteiger partial charge is 0.481 e. The van der Waals surface area contributed by atoms with E-state index in [0.29, 0.717) is 5.75 Å². The van der Waals surface area contributed by atoms with E-state index in [-0.39, 0.29) is 12.8 Å². The molecule has 0 saturated heterocycles. The fraction of sp³-hybridized carbons (Fsp3) is 0.480. The van der Waals surface area contributed by atoms with Crippen LogP contribution >= 0.6 is 11.8 Å². The maximum atomic E-state index is 13.0. The van der Waals surface area contributed by atoms with Gasteiger partial charge in [0.05, 0.1) is 12.5 Å². The molecule has 0 spiro atoms. The zero-order valence-electron chi connectivity index (χ0n) is 21.5. The second-order valence-corrected chi connectivity index (χ2v) is 10.2. The third-order valence-electron chi connectivity index (χ3n) is 5.94. The quantitative estimate of drug-likeness (QED) is 0.165. The summed E-state index contributed by atoms with van der Waals surface area (Å²) < 4.78 is 0. The summed E-state index contributed by atoms with van der Waals surface area (Å²) in [4.78, 5) is 64.7. The Bertz CT molecular complexity index is 1150. The number of para-hydroxylation sites is 1. The van der Waals surface area contributed by atoms with Crippen LogP contribution in [-0.2, 0) is 30.4 Å². The average molecular weight is 550 g/mol. The molecule has 13 heteroatoms. The Kier molecular flexibility index (Phi) is 11.6. The number of benzene rings is 1. The van der Waals surface area contributed by atoms with Gasteiger partial charge in [-0.2, -0.15) is 11.8 Å². The van der Waals surface area contributed by atoms with E-state index in [0.717, 1.165) is 16.5 Å². The summed E-state index contributed by atoms with van der Waals surface area (Å²) in [6.07, 6.45) is 3.12. The molecule has 1 heterocycles. The van der Waals surface area contributed by atoms with Gasteiger partial charge in [-0.3, -0.25) is 19.2 Å². The first-order chi connectivity index (χ1) is 17.9. The lowest BCUT2D eigenvalue weighted by molar-refractivity contribution is -0.143. The van der Waals surface area contributed by atoms with E-state index >= 15 is 0 Å². The summed E-state index contributed by atoms with van der Waals surface area (Å²) in [7, 11) is 0. The van der Waals surface area contributed by atoms with Crippen LogP contribution in [0.1, 0.15) is 32.3 Å². The molecular formula is C25H35N5O7S. The van der Waals surface area contributed by atoms with Crippen molar-refractivity contribution in [2.24, 2.45) is 11.7 Å². The van der Waals surface area contributed by atoms with Crippen LogP contribution < -0.4 is 21.7 Å². The van der Waals surface area contributed by atoms with Crippen LogP contribution in [0.25, 0.3) is 10.9 Å². The number of aliphatic carboxylic acids is 2. The minimum absolute atomic E-state index is 0.140. The number of fused-ring (bicyclic) bond motifs is 1. The lowest BCUT2D eigenvalue weighted by Crippen LogP contribution is -2.59. The number of rotatable bonds is 15. The topological polar surface area (TPSA) is 204 Å². The number of carboxylic acids is 2. The third kappa shape index (κ3) is 8.77. The van der Waals surface area contributed by atoms with Gasteiger partial charge in [-0.05, 0) is 42.4 Å². The van der Waals surface area contributed by atoms with Gasteiger partial charge < -0.3 is 36.9 Å². The predicted octanol–water partition coefficient (Wildman–Crippen LogP) is 0.461. The lowest BCUT2D eigenvalue weighted by Gasteiger charge is -2.26. The minimum Gasteiger partial charge on any atom is -0.481 e. The van der Waals surface area contributed by atoms with Crippen LogP contribution in [0.3, 0.4) is 0 Å². The van der Waals surface area contributed by atoms with Crippen molar-refractivity contribution in [3.8, 4) is 0 Å². The van der Waals surface area contributed by atoms with E-state index in [4.69, 9.17) is 5.73 Å². The molecule has 38 heavy (non-hydrogen) atoms. The molecule has 1 aromatic heterocycles. The maximum absolute atomic E-state index is 13.0. The van der Waals surface area contributed by atoms with Gasteiger partial charge in [0.2, 0.25) is 17.7 Å². The molecule has 12 nitrogen and oxygen atoms in total. The summed E-state index contributed by atoms with van der Waals surface area (Å²) in [5, 5.41) is 26.9. The summed E-state index contributed by atoms with van der Waals surface area (Å²) in [5.74, 6) is -4.86. The van der Waals surface area contributed by atoms with Crippen LogP contribution in [0.4, 0.5) is 0 Å². The van der Waals surface area contributed by atoms with E-state index in [1.54, 1.807) is 26.3 Å². The van der Waals surface area contributed by atoms with Gasteiger partial charge in [-0.1, -0.05) is 32.0 Å². The predicted molar refractivity (Wildman–Crippen MR) is 143 cm³/mol. The molecule has 3 amide bonds. The molecule has 0 aliphatic heterocycles. The van der Waals surface area contributed by atoms with Gasteiger partial charge >= 0.3 is 11.9 Å². The lowest BCUT2D eigenvalue weighted by atomic mass is 10.0. The molecule has 0 radical (unpaired) electrons. The van der Waals surface area contributed by atoms with Gasteiger partial charge in [0.15, 0.2) is 0 Å². The Morgan fingerprint density at radius 2 is 1.63 bits per heavy atom. The van der Waals surface area contributed by atoms with Crippen LogP contribution in [0.2, 0.25) is 0 Å². The number of carbonyl (C=O) groups is 5. The standard InChI is InChI=1S/C25H35N5O7S/c1-13(2)21(24(35)28-18(25(36)37)8-9-38-3)30-23(34)19(11-20(31)32)29-22(33)16(26)10-14-12-27-17-7-5-4-6-15(14)17/h4-7,12-13,16,18-19,21,27H,8-11,26H2,1-3H3,(H,28,35)(H,29,33)(H,30,34)(H,31,32)(H,36,37). The highest BCUT2D eigenvalue weighted by atomic mass is 32.2. The van der Waals surface area contributed by atoms with Crippen LogP contribution in [0.5, 0.6) is 0 Å². The van der Waals surface area contributed by atoms with E-state index in [9.17, 15) is 34.2 Å². The van der Waals surface area contributed by atoms with Crippen molar-refractivity contribution in [2.45, 2.75) is 57.3 Å². The third-order valence-corrected chi connectivity index (χ3v) is 6.58. The maximum Gasteiger partial charge on any atom is 0.326 e. The van der Waals surface area contributed by atoms with Gasteiger partial charge in [0.1, 0.15) is 18.1 Å². The Balaban J connectivity index is 2.10. The van der Waals surface area contributed by atoms with E-state index in [2.05, 4.69) is 20.9 Å². The number of H-pyrrole nitrogens is 1. The fourth-order valence-electron chi connectivity index (χ4n) is 3.84. The highest BCUT2D eigenvalue weighted by Crippen LogP contribution is 2.19. The Labute approximate surface area is 224 Å². The molecule has 0 saturated carbocycles. The number of thioether (sulfide) groups is 1. The molecular weight excluding hydrogens is 514 g/mol. The number of aromatic amines is 1. The second kappa shape index (κ2) is 14.4. The van der Waals surface area contributed by atoms with Crippen LogP contribution in [0, 0.1) is 5.92 Å². The Hall–Kier alpha value is -3.58. The summed E-state index contributed by atoms with van der Waals surface area (Å²) in [5.41, 5.74) is 7.73. The number of nitrogens with two attached hydrogens (primary N) is 1. The minimum atomic E-state index is -1.50. The number of hydrogen-bond donors (Lipinski definition) is 7. The second-order valence-electron chi connectivity index (χ2n) is 9.24. The number of carboxylic acid groups (broad SMARTS) is 2. The summed E-state index contributed by atoms with van der Waals surface area (Å²) in [6.45, 7) is 3.29. The van der Waals surface area contributed by atoms with Crippen molar-refractivity contribution < 1.29 is 34.2 Å². The van der Waals surface area contributed by atoms with Crippen molar-refractivity contribution in [1.82, 2.24) is 20.9 Å². The number of hydrogen-bond acceptors (Lipinski definition) is 7. The number of amides is 3. The van der Waals surface area contributed by atoms with Crippen molar-refractivity contribution in [3.05, 3.63) is 36.0 Å². The molecule has 4 unspecified atom stereocenters. The van der Waals surface area contributed by atoms with Crippen LogP contribution in [0.15, 0.2) is 30.5 Å². The summed E-state index contributed by atoms with van der Waals surface area (Å²) >= 11 is 1.43. The number of nitrogens with one attached hydrogen (secondary N) is 4. The molecule has 0 fully saturated rings. The monoisotopic (exact) mass is 549 g/mol. The number of carbonyl (C=O) groups excluding carboxylic acids is 3. The molecule has 1 aromatic carbocycles. The molecule has 8 N–H and O–H groups in total. The molecule has 2 aromatic rings. The highest BCUT2D eigenvalue weighted by Gasteiger charge is 2.32. The average Bonchev–Trinajstić information content (AvgIpc) is 3.26. The zero-order chi connectivity index (χ0) is 28.4. The molecule has 0 bridgehead atoms. The van der Waals surface area contributed by atoms with Gasteiger partial charge in [-0.25, -0.2) is 4.79 Å². The number of aromatic nitrogens is 1. The Morgan fingerprint density at radius 1 is 0.974 bits per heavy atom. The van der Waals surface area contributed by atoms with Gasteiger partial charge in [-0.15, -0.1) is 0 Å². The molecule has 0 aliphatic rings. The normalized spacial score (nSPS) is 14.3. The molecule has 0 aliphatic carbocycles. The van der Waals surface area contributed by atoms with E-state index in [1.165, 1.54) is 11.8 Å². The van der Waals surface area contributed by atoms with Crippen molar-refractivity contribution >= 4 is 52.3 Å². The molecule has 2 rings (SSSR count). The smallest absolute Gasteiger partial charge is 0.326 e. The van der Waals surface area contributed by atoms with Crippen molar-refractivity contribution in [3.63, 3.8) is 0 Å². The highest BCUT2D eigenvalue weighted by molar-refractivity contribution is 7.98. The van der Waals surface area contributed by atoms with Gasteiger partial charge in [0.25, 0.3) is 0 Å². The SMILES string of the molecule is CSCCC(NC(=O)C(NC(=O)C(CC(=O)O)NC(=O)C(N)Cc1c[nH]c2ccccc12)C(C)C)C(=O)O. The molecule has 208 valence electrons. The first-order valence-corrected chi connectivity index (χ1v) is 13.5. The van der Waals surface area contributed by atoms with E-state index in [1.807, 2.05) is 24.3 Å². The van der Waals surface area contributed by atoms with E-state index < -0.39 is 66.2 Å². The van der Waals surface area contributed by atoms with Crippen molar-refractivity contribution in [1.29, 1.82) is 0 Å². The van der Waals surface area contributed by atoms with Crippen LogP contribution in [-0.4, -0.2) is 81.0 Å². The van der Waals surface area contributed by atoms with Gasteiger partial charge in [0, 0.05) is 17.1 Å².